The van der Waals surface area contributed by atoms with Gasteiger partial charge in [0.1, 0.15) is 5.69 Å². The Hall–Kier alpha value is -1.37. The average molecular weight is 383 g/mol. The second-order valence-corrected chi connectivity index (χ2v) is 5.97. The molecule has 0 fully saturated rings. The van der Waals surface area contributed by atoms with E-state index in [9.17, 15) is 4.79 Å². The van der Waals surface area contributed by atoms with Crippen LogP contribution in [0.4, 0.5) is 0 Å². The van der Waals surface area contributed by atoms with Crippen molar-refractivity contribution in [3.8, 4) is 0 Å². The third kappa shape index (κ3) is 3.20. The van der Waals surface area contributed by atoms with Crippen molar-refractivity contribution < 1.29 is 4.79 Å². The first-order valence-corrected chi connectivity index (χ1v) is 7.65. The van der Waals surface area contributed by atoms with Gasteiger partial charge in [-0.3, -0.25) is 9.48 Å². The van der Waals surface area contributed by atoms with Crippen LogP contribution in [-0.2, 0) is 7.05 Å². The van der Waals surface area contributed by atoms with Gasteiger partial charge in [-0.25, -0.2) is 0 Å². The van der Waals surface area contributed by atoms with Crippen LogP contribution in [0.1, 0.15) is 41.0 Å². The van der Waals surface area contributed by atoms with Crippen LogP contribution in [-0.4, -0.2) is 15.7 Å². The van der Waals surface area contributed by atoms with Crippen LogP contribution in [0, 0.1) is 10.5 Å². The first-order chi connectivity index (χ1) is 9.52. The zero-order valence-electron chi connectivity index (χ0n) is 11.9. The summed E-state index contributed by atoms with van der Waals surface area (Å²) in [5.41, 5.74) is 2.95. The lowest BCUT2D eigenvalue weighted by molar-refractivity contribution is 0.0925. The summed E-state index contributed by atoms with van der Waals surface area (Å²) in [4.78, 5) is 12.4. The van der Waals surface area contributed by atoms with Gasteiger partial charge in [0.25, 0.3) is 5.91 Å². The van der Waals surface area contributed by atoms with Crippen molar-refractivity contribution in [2.24, 2.45) is 7.05 Å². The minimum Gasteiger partial charge on any atom is -0.344 e. The zero-order chi connectivity index (χ0) is 14.7. The third-order valence-corrected chi connectivity index (χ3v) is 4.09. The van der Waals surface area contributed by atoms with E-state index in [4.69, 9.17) is 0 Å². The number of rotatable bonds is 4. The minimum atomic E-state index is -0.0816. The molecule has 1 amide bonds. The molecule has 1 aromatic carbocycles. The Kier molecular flexibility index (Phi) is 4.80. The van der Waals surface area contributed by atoms with Crippen molar-refractivity contribution in [2.45, 2.75) is 26.3 Å². The highest BCUT2D eigenvalue weighted by Crippen LogP contribution is 2.19. The van der Waals surface area contributed by atoms with Gasteiger partial charge in [0, 0.05) is 7.05 Å². The molecule has 1 unspecified atom stereocenters. The minimum absolute atomic E-state index is 0.0220. The molecule has 106 valence electrons. The molecule has 0 bridgehead atoms. The number of carbonyl (C=O) groups is 1. The molecule has 5 heteroatoms. The van der Waals surface area contributed by atoms with Crippen LogP contribution >= 0.6 is 22.6 Å². The van der Waals surface area contributed by atoms with Crippen LogP contribution in [0.5, 0.6) is 0 Å². The maximum Gasteiger partial charge on any atom is 0.271 e. The molecule has 0 saturated heterocycles. The van der Waals surface area contributed by atoms with Crippen molar-refractivity contribution in [3.63, 3.8) is 0 Å². The van der Waals surface area contributed by atoms with Crippen LogP contribution in [0.25, 0.3) is 0 Å². The fourth-order valence-electron chi connectivity index (χ4n) is 2.11. The zero-order valence-corrected chi connectivity index (χ0v) is 14.0. The molecule has 0 saturated carbocycles. The highest BCUT2D eigenvalue weighted by Gasteiger charge is 2.19. The lowest BCUT2D eigenvalue weighted by atomic mass is 10.0. The molecule has 0 radical (unpaired) electrons. The fraction of sp³-hybridized carbons (Fsp3) is 0.333. The van der Waals surface area contributed by atoms with Gasteiger partial charge >= 0.3 is 0 Å². The molecule has 1 aromatic heterocycles. The van der Waals surface area contributed by atoms with E-state index in [2.05, 4.69) is 71.1 Å². The molecule has 1 heterocycles. The number of nitrogens with zero attached hydrogens (tertiary/aromatic N) is 2. The standard InChI is InChI=1S/C15H18IN3O/c1-4-13(11-7-5-10(2)6-8-11)18-15(20)14-12(16)9-17-19(14)3/h5-9,13H,4H2,1-3H3,(H,18,20). The molecule has 4 nitrogen and oxygen atoms in total. The van der Waals surface area contributed by atoms with E-state index < -0.39 is 0 Å². The predicted molar refractivity (Wildman–Crippen MR) is 87.6 cm³/mol. The third-order valence-electron chi connectivity index (χ3n) is 3.30. The van der Waals surface area contributed by atoms with Gasteiger partial charge in [-0.1, -0.05) is 36.8 Å². The van der Waals surface area contributed by atoms with Gasteiger partial charge in [-0.05, 0) is 41.5 Å². The molecule has 2 rings (SSSR count). The number of amides is 1. The van der Waals surface area contributed by atoms with E-state index in [-0.39, 0.29) is 11.9 Å². The molecule has 0 aliphatic heterocycles. The Labute approximate surface area is 132 Å². The maximum absolute atomic E-state index is 12.4. The number of hydrogen-bond acceptors (Lipinski definition) is 2. The summed E-state index contributed by atoms with van der Waals surface area (Å²) < 4.78 is 2.47. The molecule has 0 aliphatic rings. The number of hydrogen-bond donors (Lipinski definition) is 1. The molecule has 20 heavy (non-hydrogen) atoms. The topological polar surface area (TPSA) is 46.9 Å². The molecule has 1 N–H and O–H groups in total. The van der Waals surface area contributed by atoms with E-state index in [1.54, 1.807) is 17.9 Å². The van der Waals surface area contributed by atoms with Crippen LogP contribution in [0.2, 0.25) is 0 Å². The van der Waals surface area contributed by atoms with Crippen molar-refractivity contribution in [1.82, 2.24) is 15.1 Å². The monoisotopic (exact) mass is 383 g/mol. The summed E-state index contributed by atoms with van der Waals surface area (Å²) in [5.74, 6) is -0.0816. The normalized spacial score (nSPS) is 12.2. The van der Waals surface area contributed by atoms with Crippen molar-refractivity contribution >= 4 is 28.5 Å². The SMILES string of the molecule is CCC(NC(=O)c1c(I)cnn1C)c1ccc(C)cc1. The summed E-state index contributed by atoms with van der Waals surface area (Å²) in [6.07, 6.45) is 2.55. The number of aromatic nitrogens is 2. The van der Waals surface area contributed by atoms with Gasteiger partial charge < -0.3 is 5.32 Å². The van der Waals surface area contributed by atoms with Crippen molar-refractivity contribution in [3.05, 3.63) is 50.9 Å². The first kappa shape index (κ1) is 15.0. The second-order valence-electron chi connectivity index (χ2n) is 4.81. The van der Waals surface area contributed by atoms with E-state index in [1.165, 1.54) is 5.56 Å². The van der Waals surface area contributed by atoms with Gasteiger partial charge in [-0.2, -0.15) is 5.10 Å². The Morgan fingerprint density at radius 1 is 1.40 bits per heavy atom. The lowest BCUT2D eigenvalue weighted by Gasteiger charge is -2.18. The molecular formula is C15H18IN3O. The number of benzene rings is 1. The smallest absolute Gasteiger partial charge is 0.271 e. The predicted octanol–water partition coefficient (Wildman–Crippen LogP) is 3.21. The summed E-state index contributed by atoms with van der Waals surface area (Å²) in [5, 5.41) is 7.18. The van der Waals surface area contributed by atoms with Gasteiger partial charge in [0.05, 0.1) is 15.8 Å². The molecule has 0 spiro atoms. The number of aryl methyl sites for hydroxylation is 2. The Balaban J connectivity index is 2.18. The molecule has 2 aromatic rings. The summed E-state index contributed by atoms with van der Waals surface area (Å²) in [7, 11) is 1.78. The molecular weight excluding hydrogens is 365 g/mol. The number of nitrogens with one attached hydrogen (secondary N) is 1. The van der Waals surface area contributed by atoms with Crippen LogP contribution in [0.15, 0.2) is 30.5 Å². The van der Waals surface area contributed by atoms with Gasteiger partial charge in [0.15, 0.2) is 0 Å². The Morgan fingerprint density at radius 3 is 2.55 bits per heavy atom. The Bertz CT molecular complexity index is 585. The highest BCUT2D eigenvalue weighted by molar-refractivity contribution is 14.1. The fourth-order valence-corrected chi connectivity index (χ4v) is 2.83. The molecule has 1 atom stereocenters. The van der Waals surface area contributed by atoms with E-state index in [1.807, 2.05) is 0 Å². The van der Waals surface area contributed by atoms with E-state index >= 15 is 0 Å². The van der Waals surface area contributed by atoms with Crippen molar-refractivity contribution in [1.29, 1.82) is 0 Å². The van der Waals surface area contributed by atoms with Crippen LogP contribution < -0.4 is 5.32 Å². The lowest BCUT2D eigenvalue weighted by Crippen LogP contribution is -2.30. The van der Waals surface area contributed by atoms with Crippen LogP contribution in [0.3, 0.4) is 0 Å². The number of halogens is 1. The Morgan fingerprint density at radius 2 is 2.05 bits per heavy atom. The highest BCUT2D eigenvalue weighted by atomic mass is 127. The molecule has 0 aliphatic carbocycles. The average Bonchev–Trinajstić information content (AvgIpc) is 2.76. The summed E-state index contributed by atoms with van der Waals surface area (Å²) in [6.45, 7) is 4.13. The van der Waals surface area contributed by atoms with E-state index in [0.717, 1.165) is 15.6 Å². The number of carbonyl (C=O) groups excluding carboxylic acids is 1. The quantitative estimate of drug-likeness (QED) is 0.825. The van der Waals surface area contributed by atoms with Crippen molar-refractivity contribution in [2.75, 3.05) is 0 Å². The van der Waals surface area contributed by atoms with Gasteiger partial charge in [0.2, 0.25) is 0 Å². The first-order valence-electron chi connectivity index (χ1n) is 6.57. The summed E-state index contributed by atoms with van der Waals surface area (Å²) in [6, 6.07) is 8.29. The second kappa shape index (κ2) is 6.39. The maximum atomic E-state index is 12.4. The largest absolute Gasteiger partial charge is 0.344 e. The van der Waals surface area contributed by atoms with E-state index in [0.29, 0.717) is 5.69 Å². The summed E-state index contributed by atoms with van der Waals surface area (Å²) >= 11 is 2.13. The van der Waals surface area contributed by atoms with Gasteiger partial charge in [-0.15, -0.1) is 0 Å².